The van der Waals surface area contributed by atoms with Gasteiger partial charge in [-0.05, 0) is 24.0 Å². The Morgan fingerprint density at radius 2 is 1.71 bits per heavy atom. The number of amides is 1. The van der Waals surface area contributed by atoms with E-state index in [4.69, 9.17) is 5.11 Å². The molecule has 0 saturated heterocycles. The molecule has 21 heavy (non-hydrogen) atoms. The fraction of sp³-hybridized carbons (Fsp3) is 0.500. The van der Waals surface area contributed by atoms with E-state index >= 15 is 0 Å². The van der Waals surface area contributed by atoms with Gasteiger partial charge in [0, 0.05) is 13.0 Å². The molecule has 0 bridgehead atoms. The molecule has 1 aromatic carbocycles. The van der Waals surface area contributed by atoms with E-state index in [9.17, 15) is 14.7 Å². The van der Waals surface area contributed by atoms with Crippen LogP contribution in [0, 0.1) is 11.3 Å². The fourth-order valence-electron chi connectivity index (χ4n) is 1.89. The molecule has 1 unspecified atom stereocenters. The molecule has 0 saturated carbocycles. The van der Waals surface area contributed by atoms with Gasteiger partial charge in [-0.3, -0.25) is 9.59 Å². The number of hydrogen-bond acceptors (Lipinski definition) is 3. The smallest absolute Gasteiger partial charge is 0.310 e. The molecule has 5 heteroatoms. The Hall–Kier alpha value is -1.88. The first kappa shape index (κ1) is 17.2. The molecule has 0 heterocycles. The van der Waals surface area contributed by atoms with Crippen LogP contribution in [0.1, 0.15) is 38.3 Å². The highest BCUT2D eigenvalue weighted by molar-refractivity contribution is 5.84. The largest absolute Gasteiger partial charge is 0.481 e. The van der Waals surface area contributed by atoms with E-state index in [-0.39, 0.29) is 24.9 Å². The Labute approximate surface area is 125 Å². The predicted molar refractivity (Wildman–Crippen MR) is 79.4 cm³/mol. The van der Waals surface area contributed by atoms with Crippen LogP contribution >= 0.6 is 0 Å². The van der Waals surface area contributed by atoms with Crippen molar-refractivity contribution in [3.05, 3.63) is 35.4 Å². The summed E-state index contributed by atoms with van der Waals surface area (Å²) >= 11 is 0. The lowest BCUT2D eigenvalue weighted by atomic mass is 9.76. The van der Waals surface area contributed by atoms with Gasteiger partial charge in [-0.1, -0.05) is 38.1 Å². The summed E-state index contributed by atoms with van der Waals surface area (Å²) in [6.45, 7) is 5.52. The Bertz CT molecular complexity index is 496. The Balaban J connectivity index is 2.58. The molecule has 1 rings (SSSR count). The van der Waals surface area contributed by atoms with E-state index in [1.807, 2.05) is 12.1 Å². The van der Waals surface area contributed by atoms with Crippen molar-refractivity contribution in [3.8, 4) is 0 Å². The molecule has 3 N–H and O–H groups in total. The van der Waals surface area contributed by atoms with Crippen LogP contribution in [0.4, 0.5) is 0 Å². The molecule has 0 aliphatic carbocycles. The van der Waals surface area contributed by atoms with E-state index in [1.54, 1.807) is 32.9 Å². The third kappa shape index (κ3) is 4.56. The molecule has 0 aromatic heterocycles. The molecule has 1 aromatic rings. The highest BCUT2D eigenvalue weighted by Gasteiger charge is 2.38. The van der Waals surface area contributed by atoms with E-state index in [2.05, 4.69) is 5.32 Å². The second kappa shape index (κ2) is 7.22. The number of aliphatic carboxylic acids is 1. The lowest BCUT2D eigenvalue weighted by Gasteiger charge is -2.28. The number of aliphatic hydroxyl groups excluding tert-OH is 1. The second-order valence-electron chi connectivity index (χ2n) is 5.81. The van der Waals surface area contributed by atoms with Crippen molar-refractivity contribution in [1.29, 1.82) is 0 Å². The highest BCUT2D eigenvalue weighted by Crippen LogP contribution is 2.31. The quantitative estimate of drug-likeness (QED) is 0.717. The normalized spacial score (nSPS) is 13.8. The monoisotopic (exact) mass is 293 g/mol. The summed E-state index contributed by atoms with van der Waals surface area (Å²) in [5.74, 6) is -1.37. The summed E-state index contributed by atoms with van der Waals surface area (Å²) in [4.78, 5) is 23.3. The standard InChI is InChI=1S/C16H23NO4/c1-11(2)16(3,15(20)21)8-14(19)17-9-12-4-6-13(10-18)7-5-12/h4-7,11,18H,8-10H2,1-3H3,(H,17,19)(H,20,21). The molecule has 0 radical (unpaired) electrons. The first-order chi connectivity index (χ1) is 9.79. The average molecular weight is 293 g/mol. The minimum atomic E-state index is -1.06. The van der Waals surface area contributed by atoms with Crippen LogP contribution in [0.25, 0.3) is 0 Å². The highest BCUT2D eigenvalue weighted by atomic mass is 16.4. The second-order valence-corrected chi connectivity index (χ2v) is 5.81. The van der Waals surface area contributed by atoms with Crippen LogP contribution in [0.3, 0.4) is 0 Å². The zero-order chi connectivity index (χ0) is 16.0. The summed E-state index contributed by atoms with van der Waals surface area (Å²) < 4.78 is 0. The van der Waals surface area contributed by atoms with Crippen LogP contribution in [-0.2, 0) is 22.7 Å². The van der Waals surface area contributed by atoms with Crippen LogP contribution < -0.4 is 5.32 Å². The van der Waals surface area contributed by atoms with Crippen LogP contribution in [-0.4, -0.2) is 22.1 Å². The number of nitrogens with one attached hydrogen (secondary N) is 1. The lowest BCUT2D eigenvalue weighted by Crippen LogP contribution is -2.39. The fourth-order valence-corrected chi connectivity index (χ4v) is 1.89. The molecule has 1 atom stereocenters. The minimum absolute atomic E-state index is 0.0159. The van der Waals surface area contributed by atoms with E-state index in [0.717, 1.165) is 11.1 Å². The maximum absolute atomic E-state index is 11.9. The van der Waals surface area contributed by atoms with Crippen LogP contribution in [0.2, 0.25) is 0 Å². The van der Waals surface area contributed by atoms with Crippen molar-refractivity contribution in [2.24, 2.45) is 11.3 Å². The maximum atomic E-state index is 11.9. The van der Waals surface area contributed by atoms with Gasteiger partial charge >= 0.3 is 5.97 Å². The first-order valence-electron chi connectivity index (χ1n) is 6.98. The number of hydrogen-bond donors (Lipinski definition) is 3. The number of aliphatic hydroxyl groups is 1. The van der Waals surface area contributed by atoms with Gasteiger partial charge in [-0.25, -0.2) is 0 Å². The molecule has 5 nitrogen and oxygen atoms in total. The minimum Gasteiger partial charge on any atom is -0.481 e. The van der Waals surface area contributed by atoms with Gasteiger partial charge in [0.05, 0.1) is 12.0 Å². The molecule has 1 amide bonds. The molecule has 0 fully saturated rings. The number of carbonyl (C=O) groups is 2. The number of carbonyl (C=O) groups excluding carboxylic acids is 1. The van der Waals surface area contributed by atoms with Gasteiger partial charge in [-0.15, -0.1) is 0 Å². The number of rotatable bonds is 7. The third-order valence-electron chi connectivity index (χ3n) is 3.99. The molecule has 0 aliphatic heterocycles. The van der Waals surface area contributed by atoms with E-state index in [1.165, 1.54) is 0 Å². The third-order valence-corrected chi connectivity index (χ3v) is 3.99. The Morgan fingerprint density at radius 3 is 2.14 bits per heavy atom. The van der Waals surface area contributed by atoms with Crippen LogP contribution in [0.5, 0.6) is 0 Å². The van der Waals surface area contributed by atoms with Gasteiger partial charge in [-0.2, -0.15) is 0 Å². The van der Waals surface area contributed by atoms with Crippen molar-refractivity contribution in [3.63, 3.8) is 0 Å². The van der Waals surface area contributed by atoms with Gasteiger partial charge in [0.2, 0.25) is 5.91 Å². The zero-order valence-corrected chi connectivity index (χ0v) is 12.7. The van der Waals surface area contributed by atoms with Crippen molar-refractivity contribution in [2.45, 2.75) is 40.3 Å². The molecule has 0 spiro atoms. The first-order valence-corrected chi connectivity index (χ1v) is 6.98. The van der Waals surface area contributed by atoms with E-state index in [0.29, 0.717) is 6.54 Å². The van der Waals surface area contributed by atoms with Gasteiger partial charge in [0.1, 0.15) is 0 Å². The lowest BCUT2D eigenvalue weighted by molar-refractivity contribution is -0.153. The van der Waals surface area contributed by atoms with Gasteiger partial charge in [0.25, 0.3) is 0 Å². The SMILES string of the molecule is CC(C)C(C)(CC(=O)NCc1ccc(CO)cc1)C(=O)O. The van der Waals surface area contributed by atoms with Crippen molar-refractivity contribution in [2.75, 3.05) is 0 Å². The number of benzene rings is 1. The topological polar surface area (TPSA) is 86.6 Å². The van der Waals surface area contributed by atoms with Crippen molar-refractivity contribution in [1.82, 2.24) is 5.32 Å². The van der Waals surface area contributed by atoms with Gasteiger partial charge < -0.3 is 15.5 Å². The summed E-state index contributed by atoms with van der Waals surface area (Å²) in [5, 5.41) is 21.0. The molecule has 116 valence electrons. The average Bonchev–Trinajstić information content (AvgIpc) is 2.45. The number of carboxylic acid groups (broad SMARTS) is 1. The van der Waals surface area contributed by atoms with Crippen LogP contribution in [0.15, 0.2) is 24.3 Å². The summed E-state index contributed by atoms with van der Waals surface area (Å²) in [6, 6.07) is 7.23. The summed E-state index contributed by atoms with van der Waals surface area (Å²) in [7, 11) is 0. The van der Waals surface area contributed by atoms with Crippen molar-refractivity contribution < 1.29 is 19.8 Å². The Morgan fingerprint density at radius 1 is 1.19 bits per heavy atom. The molecule has 0 aliphatic rings. The van der Waals surface area contributed by atoms with Gasteiger partial charge in [0.15, 0.2) is 0 Å². The van der Waals surface area contributed by atoms with E-state index < -0.39 is 11.4 Å². The maximum Gasteiger partial charge on any atom is 0.310 e. The predicted octanol–water partition coefficient (Wildman–Crippen LogP) is 1.93. The van der Waals surface area contributed by atoms with Crippen molar-refractivity contribution >= 4 is 11.9 Å². The zero-order valence-electron chi connectivity index (χ0n) is 12.7. The number of carboxylic acids is 1. The Kier molecular flexibility index (Phi) is 5.90. The molecular weight excluding hydrogens is 270 g/mol. The summed E-state index contributed by atoms with van der Waals surface area (Å²) in [6.07, 6.45) is -0.0469. The summed E-state index contributed by atoms with van der Waals surface area (Å²) in [5.41, 5.74) is 0.649. The molecular formula is C16H23NO4.